The quantitative estimate of drug-likeness (QED) is 0.613. The van der Waals surface area contributed by atoms with Gasteiger partial charge < -0.3 is 10.6 Å². The Kier molecular flexibility index (Phi) is 5.96. The minimum atomic E-state index is -4.46. The number of nitrogens with one attached hydrogen (secondary N) is 2. The lowest BCUT2D eigenvalue weighted by molar-refractivity contribution is -0.385. The normalized spacial score (nSPS) is 17.1. The van der Waals surface area contributed by atoms with E-state index in [2.05, 4.69) is 10.6 Å². The molecule has 1 amide bonds. The number of nitro groups is 1. The smallest absolute Gasteiger partial charge is 0.350 e. The number of piperazine rings is 1. The Labute approximate surface area is 142 Å². The number of nitro benzene ring substituents is 1. The fourth-order valence-electron chi connectivity index (χ4n) is 2.74. The SMILES string of the molecule is Cc1cc(C(=O)NCC(N2CCNCC2)C(F)(F)F)ccc1[N+](=O)[O-]. The second-order valence-electron chi connectivity index (χ2n) is 5.81. The maximum atomic E-state index is 13.3. The summed E-state index contributed by atoms with van der Waals surface area (Å²) in [7, 11) is 0. The topological polar surface area (TPSA) is 87.5 Å². The van der Waals surface area contributed by atoms with Crippen molar-refractivity contribution in [1.29, 1.82) is 0 Å². The number of carbonyl (C=O) groups excluding carboxylic acids is 1. The van der Waals surface area contributed by atoms with Gasteiger partial charge in [0.25, 0.3) is 11.6 Å². The summed E-state index contributed by atoms with van der Waals surface area (Å²) in [6, 6.07) is 1.92. The van der Waals surface area contributed by atoms with Crippen LogP contribution in [-0.4, -0.2) is 60.7 Å². The van der Waals surface area contributed by atoms with Crippen molar-refractivity contribution in [2.24, 2.45) is 0 Å². The number of carbonyl (C=O) groups is 1. The van der Waals surface area contributed by atoms with Crippen LogP contribution >= 0.6 is 0 Å². The molecule has 1 aromatic carbocycles. The van der Waals surface area contributed by atoms with Crippen LogP contribution in [0.5, 0.6) is 0 Å². The van der Waals surface area contributed by atoms with E-state index in [9.17, 15) is 28.1 Å². The second-order valence-corrected chi connectivity index (χ2v) is 5.81. The molecule has 25 heavy (non-hydrogen) atoms. The average Bonchev–Trinajstić information content (AvgIpc) is 2.54. The highest BCUT2D eigenvalue weighted by molar-refractivity contribution is 5.94. The molecule has 0 radical (unpaired) electrons. The molecule has 0 aliphatic carbocycles. The molecule has 10 heteroatoms. The van der Waals surface area contributed by atoms with Gasteiger partial charge in [-0.3, -0.25) is 19.8 Å². The van der Waals surface area contributed by atoms with E-state index in [1.165, 1.54) is 30.0 Å². The number of halogens is 3. The van der Waals surface area contributed by atoms with Gasteiger partial charge in [-0.1, -0.05) is 0 Å². The van der Waals surface area contributed by atoms with Crippen molar-refractivity contribution in [2.45, 2.75) is 19.1 Å². The van der Waals surface area contributed by atoms with Gasteiger partial charge in [0, 0.05) is 49.9 Å². The Hall–Kier alpha value is -2.20. The second kappa shape index (κ2) is 7.79. The third-order valence-electron chi connectivity index (χ3n) is 4.08. The molecular formula is C15H19F3N4O3. The largest absolute Gasteiger partial charge is 0.405 e. The van der Waals surface area contributed by atoms with Gasteiger partial charge in [0.1, 0.15) is 6.04 Å². The fourth-order valence-corrected chi connectivity index (χ4v) is 2.74. The van der Waals surface area contributed by atoms with Gasteiger partial charge in [-0.2, -0.15) is 13.2 Å². The van der Waals surface area contributed by atoms with Crippen LogP contribution in [0.25, 0.3) is 0 Å². The summed E-state index contributed by atoms with van der Waals surface area (Å²) in [5.41, 5.74) is 0.210. The van der Waals surface area contributed by atoms with E-state index in [1.807, 2.05) is 0 Å². The number of rotatable bonds is 5. The first-order valence-electron chi connectivity index (χ1n) is 7.75. The molecule has 2 N–H and O–H groups in total. The van der Waals surface area contributed by atoms with Crippen molar-refractivity contribution in [2.75, 3.05) is 32.7 Å². The van der Waals surface area contributed by atoms with Crippen LogP contribution in [0.1, 0.15) is 15.9 Å². The summed E-state index contributed by atoms with van der Waals surface area (Å²) in [4.78, 5) is 23.6. The van der Waals surface area contributed by atoms with Gasteiger partial charge in [0.15, 0.2) is 0 Å². The van der Waals surface area contributed by atoms with E-state index >= 15 is 0 Å². The molecule has 1 atom stereocenters. The van der Waals surface area contributed by atoms with Gasteiger partial charge in [-0.25, -0.2) is 0 Å². The number of nitrogens with zero attached hydrogens (tertiary/aromatic N) is 2. The van der Waals surface area contributed by atoms with Crippen molar-refractivity contribution >= 4 is 11.6 Å². The van der Waals surface area contributed by atoms with Crippen LogP contribution in [0.2, 0.25) is 0 Å². The predicted octanol–water partition coefficient (Wildman–Crippen LogP) is 1.47. The van der Waals surface area contributed by atoms with Crippen LogP contribution in [-0.2, 0) is 0 Å². The van der Waals surface area contributed by atoms with E-state index in [4.69, 9.17) is 0 Å². The van der Waals surface area contributed by atoms with Crippen molar-refractivity contribution in [3.8, 4) is 0 Å². The maximum Gasteiger partial charge on any atom is 0.405 e. The maximum absolute atomic E-state index is 13.3. The summed E-state index contributed by atoms with van der Waals surface area (Å²) in [5.74, 6) is -0.692. The fraction of sp³-hybridized carbons (Fsp3) is 0.533. The van der Waals surface area contributed by atoms with E-state index in [-0.39, 0.29) is 29.9 Å². The first kappa shape index (κ1) is 19.1. The molecule has 1 heterocycles. The zero-order valence-corrected chi connectivity index (χ0v) is 13.6. The molecule has 1 aliphatic heterocycles. The highest BCUT2D eigenvalue weighted by atomic mass is 19.4. The zero-order valence-electron chi connectivity index (χ0n) is 13.6. The van der Waals surface area contributed by atoms with E-state index in [1.54, 1.807) is 0 Å². The van der Waals surface area contributed by atoms with Crippen LogP contribution < -0.4 is 10.6 Å². The predicted molar refractivity (Wildman–Crippen MR) is 84.5 cm³/mol. The Morgan fingerprint density at radius 2 is 2.04 bits per heavy atom. The molecule has 0 spiro atoms. The average molecular weight is 360 g/mol. The lowest BCUT2D eigenvalue weighted by atomic mass is 10.1. The third-order valence-corrected chi connectivity index (χ3v) is 4.08. The first-order chi connectivity index (χ1) is 11.7. The van der Waals surface area contributed by atoms with Crippen LogP contribution in [0.4, 0.5) is 18.9 Å². The molecule has 2 rings (SSSR count). The summed E-state index contributed by atoms with van der Waals surface area (Å²) in [6.45, 7) is 2.31. The molecule has 0 aromatic heterocycles. The lowest BCUT2D eigenvalue weighted by Crippen LogP contribution is -2.57. The Balaban J connectivity index is 2.05. The van der Waals surface area contributed by atoms with E-state index in [0.29, 0.717) is 13.1 Å². The minimum Gasteiger partial charge on any atom is -0.350 e. The Morgan fingerprint density at radius 3 is 2.56 bits per heavy atom. The van der Waals surface area contributed by atoms with Gasteiger partial charge in [0.2, 0.25) is 0 Å². The molecule has 1 aliphatic rings. The summed E-state index contributed by atoms with van der Waals surface area (Å²) < 4.78 is 39.8. The van der Waals surface area contributed by atoms with Crippen LogP contribution in [0.3, 0.4) is 0 Å². The van der Waals surface area contributed by atoms with Gasteiger partial charge in [-0.15, -0.1) is 0 Å². The number of hydrogen-bond acceptors (Lipinski definition) is 5. The monoisotopic (exact) mass is 360 g/mol. The molecule has 1 unspecified atom stereocenters. The summed E-state index contributed by atoms with van der Waals surface area (Å²) in [6.07, 6.45) is -4.46. The molecule has 0 saturated carbocycles. The number of benzene rings is 1. The van der Waals surface area contributed by atoms with Crippen molar-refractivity contribution < 1.29 is 22.9 Å². The Morgan fingerprint density at radius 1 is 1.40 bits per heavy atom. The number of hydrogen-bond donors (Lipinski definition) is 2. The molecular weight excluding hydrogens is 341 g/mol. The van der Waals surface area contributed by atoms with Crippen LogP contribution in [0.15, 0.2) is 18.2 Å². The molecule has 138 valence electrons. The van der Waals surface area contributed by atoms with E-state index < -0.39 is 29.6 Å². The van der Waals surface area contributed by atoms with Crippen molar-refractivity contribution in [3.63, 3.8) is 0 Å². The molecule has 7 nitrogen and oxygen atoms in total. The van der Waals surface area contributed by atoms with Crippen molar-refractivity contribution in [3.05, 3.63) is 39.4 Å². The number of amides is 1. The molecule has 0 bridgehead atoms. The Bertz CT molecular complexity index is 645. The van der Waals surface area contributed by atoms with Crippen molar-refractivity contribution in [1.82, 2.24) is 15.5 Å². The number of alkyl halides is 3. The minimum absolute atomic E-state index is 0.0873. The zero-order chi connectivity index (χ0) is 18.6. The molecule has 1 fully saturated rings. The van der Waals surface area contributed by atoms with Gasteiger partial charge in [0.05, 0.1) is 4.92 Å². The highest BCUT2D eigenvalue weighted by Crippen LogP contribution is 2.25. The lowest BCUT2D eigenvalue weighted by Gasteiger charge is -2.35. The number of aryl methyl sites for hydroxylation is 1. The standard InChI is InChI=1S/C15H19F3N4O3/c1-10-8-11(2-3-12(10)22(24)25)14(23)20-9-13(15(16,17)18)21-6-4-19-5-7-21/h2-3,8,13,19H,4-7,9H2,1H3,(H,20,23). The summed E-state index contributed by atoms with van der Waals surface area (Å²) >= 11 is 0. The third kappa shape index (κ3) is 4.89. The van der Waals surface area contributed by atoms with Gasteiger partial charge >= 0.3 is 6.18 Å². The molecule has 1 saturated heterocycles. The van der Waals surface area contributed by atoms with E-state index in [0.717, 1.165) is 0 Å². The van der Waals surface area contributed by atoms with Crippen LogP contribution in [0, 0.1) is 17.0 Å². The summed E-state index contributed by atoms with van der Waals surface area (Å²) in [5, 5.41) is 16.0. The molecule has 1 aromatic rings. The highest BCUT2D eigenvalue weighted by Gasteiger charge is 2.43. The first-order valence-corrected chi connectivity index (χ1v) is 7.75. The van der Waals surface area contributed by atoms with Gasteiger partial charge in [-0.05, 0) is 19.1 Å².